The van der Waals surface area contributed by atoms with Gasteiger partial charge in [-0.3, -0.25) is 0 Å². The van der Waals surface area contributed by atoms with E-state index in [4.69, 9.17) is 10.00 Å². The van der Waals surface area contributed by atoms with Crippen molar-refractivity contribution < 1.29 is 14.2 Å². The average molecular weight is 368 g/mol. The fourth-order valence-corrected chi connectivity index (χ4v) is 3.57. The Morgan fingerprint density at radius 1 is 1.19 bits per heavy atom. The summed E-state index contributed by atoms with van der Waals surface area (Å²) in [5.74, 6) is -0.00361. The van der Waals surface area contributed by atoms with Crippen molar-refractivity contribution >= 4 is 0 Å². The summed E-state index contributed by atoms with van der Waals surface area (Å²) in [6, 6.07) is 16.0. The van der Waals surface area contributed by atoms with E-state index in [-0.39, 0.29) is 5.75 Å². The highest BCUT2D eigenvalue weighted by Gasteiger charge is 2.25. The lowest BCUT2D eigenvalue weighted by molar-refractivity contribution is 0.0574. The maximum Gasteiger partial charge on any atom is 0.166 e. The minimum atomic E-state index is -0.496. The van der Waals surface area contributed by atoms with Gasteiger partial charge in [0.2, 0.25) is 0 Å². The highest BCUT2D eigenvalue weighted by Crippen LogP contribution is 2.30. The third kappa shape index (κ3) is 5.29. The minimum Gasteiger partial charge on any atom is -0.490 e. The van der Waals surface area contributed by atoms with E-state index in [1.807, 2.05) is 36.4 Å². The lowest BCUT2D eigenvalue weighted by Gasteiger charge is -2.34. The van der Waals surface area contributed by atoms with E-state index < -0.39 is 11.9 Å². The molecule has 1 N–H and O–H groups in total. The summed E-state index contributed by atoms with van der Waals surface area (Å²) in [6.45, 7) is 3.25. The third-order valence-corrected chi connectivity index (χ3v) is 5.16. The number of nitriles is 1. The van der Waals surface area contributed by atoms with Crippen LogP contribution in [0.2, 0.25) is 0 Å². The Kier molecular flexibility index (Phi) is 6.80. The lowest BCUT2D eigenvalue weighted by atomic mass is 9.87. The van der Waals surface area contributed by atoms with Crippen molar-refractivity contribution in [2.24, 2.45) is 5.92 Å². The Balaban J connectivity index is 1.37. The summed E-state index contributed by atoms with van der Waals surface area (Å²) in [6.07, 6.45) is 2.37. The fraction of sp³-hybridized carbons (Fsp3) is 0.409. The molecule has 0 spiro atoms. The van der Waals surface area contributed by atoms with Gasteiger partial charge in [-0.2, -0.15) is 5.26 Å². The van der Waals surface area contributed by atoms with E-state index in [2.05, 4.69) is 4.90 Å². The van der Waals surface area contributed by atoms with Crippen LogP contribution in [0.5, 0.6) is 5.75 Å². The van der Waals surface area contributed by atoms with Crippen LogP contribution in [-0.2, 0) is 0 Å². The second-order valence-corrected chi connectivity index (χ2v) is 6.99. The smallest absolute Gasteiger partial charge is 0.166 e. The van der Waals surface area contributed by atoms with Crippen LogP contribution in [0.25, 0.3) is 0 Å². The Labute approximate surface area is 159 Å². The molecule has 142 valence electrons. The van der Waals surface area contributed by atoms with Gasteiger partial charge in [0, 0.05) is 6.54 Å². The molecule has 1 aliphatic rings. The SMILES string of the molecule is N#Cc1ccc(OCCCN2CCC(C(O)c3ccccc3)CC2)c(F)c1. The van der Waals surface area contributed by atoms with Gasteiger partial charge < -0.3 is 14.7 Å². The third-order valence-electron chi connectivity index (χ3n) is 5.16. The molecule has 1 heterocycles. The van der Waals surface area contributed by atoms with E-state index in [1.54, 1.807) is 6.07 Å². The monoisotopic (exact) mass is 368 g/mol. The van der Waals surface area contributed by atoms with Crippen LogP contribution < -0.4 is 4.74 Å². The van der Waals surface area contributed by atoms with Crippen LogP contribution in [0.15, 0.2) is 48.5 Å². The molecule has 27 heavy (non-hydrogen) atoms. The van der Waals surface area contributed by atoms with Gasteiger partial charge in [0.25, 0.3) is 0 Å². The van der Waals surface area contributed by atoms with Crippen molar-refractivity contribution in [3.05, 3.63) is 65.5 Å². The van der Waals surface area contributed by atoms with Crippen LogP contribution in [0.4, 0.5) is 4.39 Å². The van der Waals surface area contributed by atoms with E-state index in [1.165, 1.54) is 12.1 Å². The van der Waals surface area contributed by atoms with Crippen LogP contribution in [0.3, 0.4) is 0 Å². The summed E-state index contributed by atoms with van der Waals surface area (Å²) >= 11 is 0. The van der Waals surface area contributed by atoms with Crippen LogP contribution in [0, 0.1) is 23.1 Å². The van der Waals surface area contributed by atoms with E-state index >= 15 is 0 Å². The molecule has 5 heteroatoms. The number of hydrogen-bond acceptors (Lipinski definition) is 4. The zero-order chi connectivity index (χ0) is 19.1. The number of piperidine rings is 1. The zero-order valence-electron chi connectivity index (χ0n) is 15.4. The number of nitrogens with zero attached hydrogens (tertiary/aromatic N) is 2. The minimum absolute atomic E-state index is 0.193. The molecule has 0 aliphatic carbocycles. The lowest BCUT2D eigenvalue weighted by Crippen LogP contribution is -2.36. The molecule has 0 bridgehead atoms. The molecule has 4 nitrogen and oxygen atoms in total. The van der Waals surface area contributed by atoms with Crippen LogP contribution in [0.1, 0.15) is 36.5 Å². The zero-order valence-corrected chi connectivity index (χ0v) is 15.4. The number of hydrogen-bond donors (Lipinski definition) is 1. The Morgan fingerprint density at radius 3 is 2.59 bits per heavy atom. The molecule has 1 unspecified atom stereocenters. The highest BCUT2D eigenvalue weighted by molar-refractivity contribution is 5.35. The maximum absolute atomic E-state index is 13.8. The molecule has 1 saturated heterocycles. The van der Waals surface area contributed by atoms with Gasteiger partial charge in [0.15, 0.2) is 11.6 Å². The van der Waals surface area contributed by atoms with Crippen LogP contribution in [-0.4, -0.2) is 36.2 Å². The van der Waals surface area contributed by atoms with E-state index in [0.29, 0.717) is 18.1 Å². The normalized spacial score (nSPS) is 16.6. The number of rotatable bonds is 7. The molecule has 0 radical (unpaired) electrons. The number of aliphatic hydroxyl groups is 1. The van der Waals surface area contributed by atoms with Crippen molar-refractivity contribution in [2.45, 2.75) is 25.4 Å². The fourth-order valence-electron chi connectivity index (χ4n) is 3.57. The molecule has 0 saturated carbocycles. The molecule has 2 aromatic rings. The van der Waals surface area contributed by atoms with Crippen molar-refractivity contribution in [1.82, 2.24) is 4.90 Å². The maximum atomic E-state index is 13.8. The number of likely N-dealkylation sites (tertiary alicyclic amines) is 1. The molecule has 1 aliphatic heterocycles. The summed E-state index contributed by atoms with van der Waals surface area (Å²) in [4.78, 5) is 2.37. The van der Waals surface area contributed by atoms with Gasteiger partial charge in [0.05, 0.1) is 24.3 Å². The molecule has 3 rings (SSSR count). The second kappa shape index (κ2) is 9.50. The molecule has 0 amide bonds. The molecule has 2 aromatic carbocycles. The molecular formula is C22H25FN2O2. The summed E-state index contributed by atoms with van der Waals surface area (Å²) in [7, 11) is 0. The molecular weight excluding hydrogens is 343 g/mol. The average Bonchev–Trinajstić information content (AvgIpc) is 2.72. The Morgan fingerprint density at radius 2 is 1.93 bits per heavy atom. The van der Waals surface area contributed by atoms with Gasteiger partial charge in [0.1, 0.15) is 0 Å². The summed E-state index contributed by atoms with van der Waals surface area (Å²) < 4.78 is 19.3. The predicted octanol–water partition coefficient (Wildman–Crippen LogP) is 3.91. The predicted molar refractivity (Wildman–Crippen MR) is 102 cm³/mol. The number of aliphatic hydroxyl groups excluding tert-OH is 1. The molecule has 1 atom stereocenters. The van der Waals surface area contributed by atoms with Crippen molar-refractivity contribution in [2.75, 3.05) is 26.2 Å². The van der Waals surface area contributed by atoms with Crippen molar-refractivity contribution in [3.63, 3.8) is 0 Å². The van der Waals surface area contributed by atoms with Gasteiger partial charge >= 0.3 is 0 Å². The Hall–Kier alpha value is -2.42. The highest BCUT2D eigenvalue weighted by atomic mass is 19.1. The van der Waals surface area contributed by atoms with Gasteiger partial charge in [-0.15, -0.1) is 0 Å². The first-order valence-corrected chi connectivity index (χ1v) is 9.45. The summed E-state index contributed by atoms with van der Waals surface area (Å²) in [5.41, 5.74) is 1.29. The van der Waals surface area contributed by atoms with Gasteiger partial charge in [-0.25, -0.2) is 4.39 Å². The van der Waals surface area contributed by atoms with Crippen molar-refractivity contribution in [3.8, 4) is 11.8 Å². The first kappa shape index (κ1) is 19.3. The quantitative estimate of drug-likeness (QED) is 0.753. The number of halogens is 1. The van der Waals surface area contributed by atoms with E-state index in [0.717, 1.165) is 44.5 Å². The van der Waals surface area contributed by atoms with E-state index in [9.17, 15) is 9.50 Å². The summed E-state index contributed by atoms with van der Waals surface area (Å²) in [5, 5.41) is 19.3. The van der Waals surface area contributed by atoms with Crippen molar-refractivity contribution in [1.29, 1.82) is 5.26 Å². The largest absolute Gasteiger partial charge is 0.490 e. The Bertz CT molecular complexity index is 768. The number of benzene rings is 2. The van der Waals surface area contributed by atoms with Gasteiger partial charge in [-0.1, -0.05) is 30.3 Å². The number of ether oxygens (including phenoxy) is 1. The first-order valence-electron chi connectivity index (χ1n) is 9.45. The van der Waals surface area contributed by atoms with Crippen LogP contribution >= 0.6 is 0 Å². The standard InChI is InChI=1S/C22H25FN2O2/c23-20-15-17(16-24)7-8-21(20)27-14-4-11-25-12-9-19(10-13-25)22(26)18-5-2-1-3-6-18/h1-3,5-8,15,19,22,26H,4,9-14H2. The topological polar surface area (TPSA) is 56.5 Å². The first-order chi connectivity index (χ1) is 13.2. The van der Waals surface area contributed by atoms with Gasteiger partial charge in [-0.05, 0) is 62.0 Å². The second-order valence-electron chi connectivity index (χ2n) is 6.99. The molecule has 1 fully saturated rings. The molecule has 0 aromatic heterocycles.